The third-order valence-electron chi connectivity index (χ3n) is 1.40. The van der Waals surface area contributed by atoms with E-state index in [-0.39, 0.29) is 5.78 Å². The summed E-state index contributed by atoms with van der Waals surface area (Å²) in [6.45, 7) is 8.81. The van der Waals surface area contributed by atoms with Crippen LogP contribution in [0.25, 0.3) is 0 Å². The number of carbonyl (C=O) groups is 1. The lowest BCUT2D eigenvalue weighted by Gasteiger charge is -2.17. The van der Waals surface area contributed by atoms with Crippen LogP contribution in [0, 0.1) is 22.7 Å². The van der Waals surface area contributed by atoms with Gasteiger partial charge in [-0.1, -0.05) is 26.8 Å². The average Bonchev–Trinajstić information content (AvgIpc) is 1.88. The van der Waals surface area contributed by atoms with Crippen molar-refractivity contribution in [2.45, 2.75) is 20.8 Å². The molecule has 0 bridgehead atoms. The van der Waals surface area contributed by atoms with E-state index in [0.717, 1.165) is 0 Å². The van der Waals surface area contributed by atoms with Crippen LogP contribution < -0.4 is 0 Å². The van der Waals surface area contributed by atoms with Crippen molar-refractivity contribution in [2.24, 2.45) is 11.3 Å². The molecule has 0 fully saturated rings. The Morgan fingerprint density at radius 1 is 1.64 bits per heavy atom. The van der Waals surface area contributed by atoms with Gasteiger partial charge in [-0.15, -0.1) is 6.58 Å². The molecule has 2 heteroatoms. The number of nitriles is 1. The predicted octanol–water partition coefficient (Wildman–Crippen LogP) is 1.93. The van der Waals surface area contributed by atoms with E-state index in [0.29, 0.717) is 0 Å². The fourth-order valence-corrected chi connectivity index (χ4v) is 0.685. The monoisotopic (exact) mass is 151 g/mol. The molecular formula is C9H13NO. The number of carbonyl (C=O) groups excluding carboxylic acids is 1. The SMILES string of the molecule is C=CC(C#N)C(=O)C(C)(C)C. The number of nitrogens with zero attached hydrogens (tertiary/aromatic N) is 1. The first-order valence-electron chi connectivity index (χ1n) is 3.50. The molecule has 0 rings (SSSR count). The Kier molecular flexibility index (Phi) is 3.00. The van der Waals surface area contributed by atoms with E-state index < -0.39 is 11.3 Å². The minimum absolute atomic E-state index is 0.0741. The minimum Gasteiger partial charge on any atom is -0.297 e. The standard InChI is InChI=1S/C9H13NO/c1-5-7(6-10)8(11)9(2,3)4/h5,7H,1H2,2-4H3. The normalized spacial score (nSPS) is 13.3. The zero-order valence-corrected chi connectivity index (χ0v) is 7.22. The molecule has 0 heterocycles. The van der Waals surface area contributed by atoms with Crippen molar-refractivity contribution in [1.82, 2.24) is 0 Å². The third kappa shape index (κ3) is 2.55. The van der Waals surface area contributed by atoms with E-state index in [2.05, 4.69) is 6.58 Å². The fourth-order valence-electron chi connectivity index (χ4n) is 0.685. The van der Waals surface area contributed by atoms with Crippen molar-refractivity contribution in [3.05, 3.63) is 12.7 Å². The maximum absolute atomic E-state index is 11.3. The minimum atomic E-state index is -0.657. The van der Waals surface area contributed by atoms with Gasteiger partial charge in [0.2, 0.25) is 0 Å². The van der Waals surface area contributed by atoms with Crippen LogP contribution in [0.15, 0.2) is 12.7 Å². The highest BCUT2D eigenvalue weighted by molar-refractivity contribution is 5.89. The molecule has 2 nitrogen and oxygen atoms in total. The molecule has 0 aliphatic heterocycles. The third-order valence-corrected chi connectivity index (χ3v) is 1.40. The molecule has 1 atom stereocenters. The van der Waals surface area contributed by atoms with Crippen LogP contribution in [0.5, 0.6) is 0 Å². The van der Waals surface area contributed by atoms with Gasteiger partial charge in [-0.25, -0.2) is 0 Å². The maximum atomic E-state index is 11.3. The summed E-state index contributed by atoms with van der Waals surface area (Å²) < 4.78 is 0. The molecule has 0 N–H and O–H groups in total. The summed E-state index contributed by atoms with van der Waals surface area (Å²) >= 11 is 0. The Morgan fingerprint density at radius 2 is 2.09 bits per heavy atom. The fraction of sp³-hybridized carbons (Fsp3) is 0.556. The van der Waals surface area contributed by atoms with E-state index in [1.807, 2.05) is 6.07 Å². The zero-order valence-electron chi connectivity index (χ0n) is 7.22. The van der Waals surface area contributed by atoms with Crippen LogP contribution >= 0.6 is 0 Å². The summed E-state index contributed by atoms with van der Waals surface area (Å²) in [7, 11) is 0. The van der Waals surface area contributed by atoms with Crippen molar-refractivity contribution in [3.8, 4) is 6.07 Å². The van der Waals surface area contributed by atoms with Crippen LogP contribution in [0.4, 0.5) is 0 Å². The lowest BCUT2D eigenvalue weighted by molar-refractivity contribution is -0.127. The highest BCUT2D eigenvalue weighted by Crippen LogP contribution is 2.20. The van der Waals surface area contributed by atoms with E-state index in [1.54, 1.807) is 20.8 Å². The molecule has 0 aromatic heterocycles. The van der Waals surface area contributed by atoms with Crippen molar-refractivity contribution in [1.29, 1.82) is 5.26 Å². The van der Waals surface area contributed by atoms with E-state index >= 15 is 0 Å². The lowest BCUT2D eigenvalue weighted by Crippen LogP contribution is -2.26. The largest absolute Gasteiger partial charge is 0.297 e. The summed E-state index contributed by atoms with van der Waals surface area (Å²) in [5, 5.41) is 8.52. The maximum Gasteiger partial charge on any atom is 0.159 e. The number of ketones is 1. The Labute approximate surface area is 67.5 Å². The second-order valence-electron chi connectivity index (χ2n) is 3.46. The van der Waals surface area contributed by atoms with Gasteiger partial charge in [-0.3, -0.25) is 4.79 Å². The molecule has 11 heavy (non-hydrogen) atoms. The number of hydrogen-bond donors (Lipinski definition) is 0. The first kappa shape index (κ1) is 9.90. The van der Waals surface area contributed by atoms with Crippen molar-refractivity contribution in [2.75, 3.05) is 0 Å². The molecular weight excluding hydrogens is 138 g/mol. The van der Waals surface area contributed by atoms with E-state index in [9.17, 15) is 4.79 Å². The Morgan fingerprint density at radius 3 is 2.18 bits per heavy atom. The summed E-state index contributed by atoms with van der Waals surface area (Å²) in [6.07, 6.45) is 1.38. The van der Waals surface area contributed by atoms with Gasteiger partial charge < -0.3 is 0 Å². The summed E-state index contributed by atoms with van der Waals surface area (Å²) in [5.74, 6) is -0.731. The van der Waals surface area contributed by atoms with Crippen molar-refractivity contribution in [3.63, 3.8) is 0 Å². The molecule has 0 amide bonds. The van der Waals surface area contributed by atoms with Gasteiger partial charge in [0, 0.05) is 5.41 Å². The van der Waals surface area contributed by atoms with E-state index in [1.165, 1.54) is 6.08 Å². The lowest BCUT2D eigenvalue weighted by atomic mass is 9.84. The smallest absolute Gasteiger partial charge is 0.159 e. The van der Waals surface area contributed by atoms with Crippen LogP contribution in [-0.2, 0) is 4.79 Å². The highest BCUT2D eigenvalue weighted by Gasteiger charge is 2.27. The molecule has 0 saturated carbocycles. The highest BCUT2D eigenvalue weighted by atomic mass is 16.1. The number of allylic oxidation sites excluding steroid dienone is 1. The quantitative estimate of drug-likeness (QED) is 0.566. The van der Waals surface area contributed by atoms with Gasteiger partial charge in [-0.05, 0) is 0 Å². The molecule has 0 radical (unpaired) electrons. The molecule has 0 aromatic carbocycles. The summed E-state index contributed by atoms with van der Waals surface area (Å²) in [4.78, 5) is 11.3. The Bertz CT molecular complexity index is 205. The molecule has 1 unspecified atom stereocenters. The zero-order chi connectivity index (χ0) is 9.07. The predicted molar refractivity (Wildman–Crippen MR) is 43.8 cm³/mol. The summed E-state index contributed by atoms with van der Waals surface area (Å²) in [6, 6.07) is 1.89. The van der Waals surface area contributed by atoms with Gasteiger partial charge in [0.05, 0.1) is 6.07 Å². The van der Waals surface area contributed by atoms with Gasteiger partial charge in [-0.2, -0.15) is 5.26 Å². The average molecular weight is 151 g/mol. The molecule has 0 aliphatic carbocycles. The van der Waals surface area contributed by atoms with Crippen LogP contribution in [0.1, 0.15) is 20.8 Å². The number of rotatable bonds is 2. The second kappa shape index (κ2) is 3.34. The van der Waals surface area contributed by atoms with Gasteiger partial charge in [0.25, 0.3) is 0 Å². The van der Waals surface area contributed by atoms with Crippen molar-refractivity contribution >= 4 is 5.78 Å². The number of Topliss-reactive ketones (excluding diaryl/α,β-unsaturated/α-hetero) is 1. The second-order valence-corrected chi connectivity index (χ2v) is 3.46. The molecule has 60 valence electrons. The van der Waals surface area contributed by atoms with Crippen LogP contribution in [0.2, 0.25) is 0 Å². The van der Waals surface area contributed by atoms with Gasteiger partial charge in [0.1, 0.15) is 5.92 Å². The molecule has 0 aliphatic rings. The molecule has 0 spiro atoms. The van der Waals surface area contributed by atoms with Crippen LogP contribution in [-0.4, -0.2) is 5.78 Å². The molecule has 0 saturated heterocycles. The molecule has 0 aromatic rings. The first-order valence-corrected chi connectivity index (χ1v) is 3.50. The van der Waals surface area contributed by atoms with E-state index in [4.69, 9.17) is 5.26 Å². The topological polar surface area (TPSA) is 40.9 Å². The van der Waals surface area contributed by atoms with Crippen LogP contribution in [0.3, 0.4) is 0 Å². The first-order chi connectivity index (χ1) is 4.93. The summed E-state index contributed by atoms with van der Waals surface area (Å²) in [5.41, 5.74) is -0.450. The van der Waals surface area contributed by atoms with Gasteiger partial charge >= 0.3 is 0 Å². The number of hydrogen-bond acceptors (Lipinski definition) is 2. The Balaban J connectivity index is 4.50. The van der Waals surface area contributed by atoms with Crippen molar-refractivity contribution < 1.29 is 4.79 Å². The van der Waals surface area contributed by atoms with Gasteiger partial charge in [0.15, 0.2) is 5.78 Å². The Hall–Kier alpha value is -1.10.